The molecule has 0 saturated carbocycles. The summed E-state index contributed by atoms with van der Waals surface area (Å²) in [5.41, 5.74) is 6.60. The van der Waals surface area contributed by atoms with Crippen molar-refractivity contribution in [3.63, 3.8) is 0 Å². The Hall–Kier alpha value is -0.850. The minimum Gasteiger partial charge on any atom is -0.324 e. The predicted molar refractivity (Wildman–Crippen MR) is 59.1 cm³/mol. The van der Waals surface area contributed by atoms with Gasteiger partial charge in [0.25, 0.3) is 0 Å². The molecule has 0 amide bonds. The molecule has 0 aliphatic carbocycles. The van der Waals surface area contributed by atoms with Crippen LogP contribution in [0, 0.1) is 18.2 Å². The zero-order valence-corrected chi connectivity index (χ0v) is 9.22. The smallest absolute Gasteiger partial charge is 0.137 e. The summed E-state index contributed by atoms with van der Waals surface area (Å²) < 4.78 is 13.6. The van der Waals surface area contributed by atoms with Gasteiger partial charge in [-0.3, -0.25) is 0 Å². The van der Waals surface area contributed by atoms with Crippen LogP contribution in [0.1, 0.15) is 24.4 Å². The first-order chi connectivity index (χ1) is 6.65. The number of terminal acetylenes is 1. The molecule has 0 saturated heterocycles. The highest BCUT2D eigenvalue weighted by Crippen LogP contribution is 2.21. The third kappa shape index (κ3) is 2.83. The van der Waals surface area contributed by atoms with Crippen LogP contribution in [0.4, 0.5) is 4.39 Å². The van der Waals surface area contributed by atoms with E-state index in [2.05, 4.69) is 21.9 Å². The Balaban J connectivity index is 2.76. The molecule has 3 heteroatoms. The Morgan fingerprint density at radius 1 is 1.57 bits per heavy atom. The molecule has 0 radical (unpaired) electrons. The topological polar surface area (TPSA) is 26.0 Å². The second-order valence-corrected chi connectivity index (χ2v) is 3.88. The van der Waals surface area contributed by atoms with E-state index in [1.54, 1.807) is 12.1 Å². The second kappa shape index (κ2) is 5.14. The summed E-state index contributed by atoms with van der Waals surface area (Å²) in [5.74, 6) is 2.22. The molecule has 1 atom stereocenters. The fourth-order valence-corrected chi connectivity index (χ4v) is 1.40. The number of hydrogen-bond acceptors (Lipinski definition) is 1. The average Bonchev–Trinajstić information content (AvgIpc) is 2.18. The molecule has 0 bridgehead atoms. The quantitative estimate of drug-likeness (QED) is 0.826. The van der Waals surface area contributed by atoms with Gasteiger partial charge in [0.05, 0.1) is 4.47 Å². The van der Waals surface area contributed by atoms with E-state index in [1.807, 2.05) is 0 Å². The molecule has 74 valence electrons. The van der Waals surface area contributed by atoms with Gasteiger partial charge in [0.2, 0.25) is 0 Å². The largest absolute Gasteiger partial charge is 0.324 e. The molecule has 0 aliphatic rings. The average molecular weight is 256 g/mol. The van der Waals surface area contributed by atoms with Crippen LogP contribution in [0.2, 0.25) is 0 Å². The van der Waals surface area contributed by atoms with Crippen LogP contribution in [0.3, 0.4) is 0 Å². The number of nitrogens with two attached hydrogens (primary N) is 1. The van der Waals surface area contributed by atoms with Gasteiger partial charge in [0.1, 0.15) is 5.82 Å². The van der Waals surface area contributed by atoms with Crippen LogP contribution in [-0.2, 0) is 0 Å². The monoisotopic (exact) mass is 255 g/mol. The lowest BCUT2D eigenvalue weighted by molar-refractivity contribution is 0.607. The Morgan fingerprint density at radius 3 is 2.86 bits per heavy atom. The van der Waals surface area contributed by atoms with E-state index in [0.29, 0.717) is 17.3 Å². The third-order valence-corrected chi connectivity index (χ3v) is 2.61. The summed E-state index contributed by atoms with van der Waals surface area (Å²) in [5, 5.41) is 0. The van der Waals surface area contributed by atoms with E-state index in [1.165, 1.54) is 6.07 Å². The lowest BCUT2D eigenvalue weighted by atomic mass is 10.0. The minimum absolute atomic E-state index is 0.186. The molecular weight excluding hydrogens is 245 g/mol. The molecule has 1 rings (SSSR count). The van der Waals surface area contributed by atoms with Crippen molar-refractivity contribution < 1.29 is 4.39 Å². The van der Waals surface area contributed by atoms with Gasteiger partial charge < -0.3 is 5.73 Å². The number of benzene rings is 1. The maximum absolute atomic E-state index is 13.1. The molecule has 1 nitrogen and oxygen atoms in total. The lowest BCUT2D eigenvalue weighted by Crippen LogP contribution is -2.10. The van der Waals surface area contributed by atoms with Crippen LogP contribution in [0.25, 0.3) is 0 Å². The molecule has 1 aromatic rings. The van der Waals surface area contributed by atoms with Crippen molar-refractivity contribution >= 4 is 15.9 Å². The summed E-state index contributed by atoms with van der Waals surface area (Å²) in [4.78, 5) is 0. The summed E-state index contributed by atoms with van der Waals surface area (Å²) in [7, 11) is 0. The van der Waals surface area contributed by atoms with Crippen molar-refractivity contribution in [3.05, 3.63) is 34.1 Å². The van der Waals surface area contributed by atoms with E-state index in [4.69, 9.17) is 12.2 Å². The minimum atomic E-state index is -0.293. The second-order valence-electron chi connectivity index (χ2n) is 3.02. The van der Waals surface area contributed by atoms with Crippen LogP contribution in [-0.4, -0.2) is 0 Å². The van der Waals surface area contributed by atoms with Crippen LogP contribution < -0.4 is 5.73 Å². The van der Waals surface area contributed by atoms with Crippen LogP contribution >= 0.6 is 15.9 Å². The van der Waals surface area contributed by atoms with Crippen molar-refractivity contribution in [3.8, 4) is 12.3 Å². The lowest BCUT2D eigenvalue weighted by Gasteiger charge is -2.10. The summed E-state index contributed by atoms with van der Waals surface area (Å²) >= 11 is 3.08. The fraction of sp³-hybridized carbons (Fsp3) is 0.273. The molecular formula is C11H11BrFN. The molecule has 0 aliphatic heterocycles. The van der Waals surface area contributed by atoms with Crippen molar-refractivity contribution in [2.45, 2.75) is 18.9 Å². The van der Waals surface area contributed by atoms with Gasteiger partial charge in [-0.15, -0.1) is 12.3 Å². The highest BCUT2D eigenvalue weighted by molar-refractivity contribution is 9.10. The van der Waals surface area contributed by atoms with Crippen molar-refractivity contribution in [2.75, 3.05) is 0 Å². The number of hydrogen-bond donors (Lipinski definition) is 1. The Morgan fingerprint density at radius 2 is 2.29 bits per heavy atom. The Kier molecular flexibility index (Phi) is 4.12. The van der Waals surface area contributed by atoms with E-state index in [0.717, 1.165) is 5.56 Å². The van der Waals surface area contributed by atoms with Gasteiger partial charge >= 0.3 is 0 Å². The zero-order valence-electron chi connectivity index (χ0n) is 7.63. The van der Waals surface area contributed by atoms with Gasteiger partial charge in [-0.2, -0.15) is 0 Å². The van der Waals surface area contributed by atoms with Crippen molar-refractivity contribution in [1.29, 1.82) is 0 Å². The van der Waals surface area contributed by atoms with E-state index in [-0.39, 0.29) is 11.9 Å². The van der Waals surface area contributed by atoms with Crippen molar-refractivity contribution in [2.24, 2.45) is 5.73 Å². The SMILES string of the molecule is C#CCCC(N)c1ccc(Br)c(F)c1. The third-order valence-electron chi connectivity index (χ3n) is 1.97. The summed E-state index contributed by atoms with van der Waals surface area (Å²) in [6.45, 7) is 0. The Labute approximate surface area is 91.6 Å². The standard InChI is InChI=1S/C11H11BrFN/c1-2-3-4-11(14)8-5-6-9(12)10(13)7-8/h1,5-7,11H,3-4,14H2. The molecule has 1 aromatic carbocycles. The van der Waals surface area contributed by atoms with Gasteiger partial charge in [-0.1, -0.05) is 6.07 Å². The highest BCUT2D eigenvalue weighted by atomic mass is 79.9. The van der Waals surface area contributed by atoms with Crippen LogP contribution in [0.15, 0.2) is 22.7 Å². The van der Waals surface area contributed by atoms with Crippen molar-refractivity contribution in [1.82, 2.24) is 0 Å². The van der Waals surface area contributed by atoms with Gasteiger partial charge in [0.15, 0.2) is 0 Å². The number of rotatable bonds is 3. The zero-order chi connectivity index (χ0) is 10.6. The van der Waals surface area contributed by atoms with E-state index in [9.17, 15) is 4.39 Å². The molecule has 0 spiro atoms. The van der Waals surface area contributed by atoms with E-state index >= 15 is 0 Å². The molecule has 2 N–H and O–H groups in total. The first-order valence-corrected chi connectivity index (χ1v) is 5.08. The van der Waals surface area contributed by atoms with Crippen LogP contribution in [0.5, 0.6) is 0 Å². The molecule has 0 heterocycles. The summed E-state index contributed by atoms with van der Waals surface area (Å²) in [6, 6.07) is 4.70. The molecule has 0 aromatic heterocycles. The van der Waals surface area contributed by atoms with E-state index < -0.39 is 0 Å². The summed E-state index contributed by atoms with van der Waals surface area (Å²) in [6.07, 6.45) is 6.41. The van der Waals surface area contributed by atoms with Gasteiger partial charge in [-0.05, 0) is 40.0 Å². The predicted octanol–water partition coefficient (Wildman–Crippen LogP) is 3.00. The maximum Gasteiger partial charge on any atom is 0.137 e. The van der Waals surface area contributed by atoms with Gasteiger partial charge in [0, 0.05) is 12.5 Å². The molecule has 0 fully saturated rings. The normalized spacial score (nSPS) is 12.1. The first-order valence-electron chi connectivity index (χ1n) is 4.29. The molecule has 1 unspecified atom stereocenters. The highest BCUT2D eigenvalue weighted by Gasteiger charge is 2.07. The molecule has 14 heavy (non-hydrogen) atoms. The first kappa shape index (κ1) is 11.2. The maximum atomic E-state index is 13.1. The van der Waals surface area contributed by atoms with Gasteiger partial charge in [-0.25, -0.2) is 4.39 Å². The fourth-order valence-electron chi connectivity index (χ4n) is 1.15. The Bertz CT molecular complexity index is 357. The number of halogens is 2.